The summed E-state index contributed by atoms with van der Waals surface area (Å²) < 4.78 is 7.44. The van der Waals surface area contributed by atoms with E-state index >= 15 is 0 Å². The van der Waals surface area contributed by atoms with Gasteiger partial charge in [0, 0.05) is 48.2 Å². The van der Waals surface area contributed by atoms with Gasteiger partial charge in [-0.05, 0) is 56.0 Å². The number of ketones is 1. The van der Waals surface area contributed by atoms with E-state index in [9.17, 15) is 9.59 Å². The van der Waals surface area contributed by atoms with Crippen molar-refractivity contribution < 1.29 is 14.3 Å². The summed E-state index contributed by atoms with van der Waals surface area (Å²) in [7, 11) is 3.81. The summed E-state index contributed by atoms with van der Waals surface area (Å²) in [6.07, 6.45) is 0.929. The van der Waals surface area contributed by atoms with Crippen LogP contribution >= 0.6 is 11.3 Å². The van der Waals surface area contributed by atoms with Gasteiger partial charge in [-0.3, -0.25) is 4.79 Å². The van der Waals surface area contributed by atoms with Crippen LogP contribution in [0.1, 0.15) is 37.0 Å². The number of anilines is 1. The maximum absolute atomic E-state index is 12.7. The molecule has 0 N–H and O–H groups in total. The number of carbonyl (C=O) groups is 2. The van der Waals surface area contributed by atoms with Crippen molar-refractivity contribution in [2.75, 3.05) is 25.6 Å². The maximum atomic E-state index is 12.7. The average molecular weight is 411 g/mol. The Morgan fingerprint density at radius 1 is 1.10 bits per heavy atom. The number of aromatic nitrogens is 1. The molecule has 3 aromatic rings. The molecule has 0 saturated carbocycles. The SMILES string of the molecule is Cc1cc(C(=O)COC(=O)c2cccc(N(C)C)c2)c(C)n1CCc1cccs1. The fraction of sp³-hybridized carbons (Fsp3) is 0.304. The second-order valence-electron chi connectivity index (χ2n) is 7.21. The van der Waals surface area contributed by atoms with Crippen molar-refractivity contribution in [3.05, 3.63) is 75.2 Å². The molecule has 0 spiro atoms. The first-order chi connectivity index (χ1) is 13.9. The van der Waals surface area contributed by atoms with E-state index in [1.54, 1.807) is 29.5 Å². The normalized spacial score (nSPS) is 10.8. The van der Waals surface area contributed by atoms with Crippen molar-refractivity contribution in [2.24, 2.45) is 0 Å². The standard InChI is InChI=1S/C23H26N2O3S/c1-16-13-21(17(2)25(16)11-10-20-9-6-12-29-20)22(26)15-28-23(27)18-7-5-8-19(14-18)24(3)4/h5-9,12-14H,10-11,15H2,1-4H3. The van der Waals surface area contributed by atoms with Gasteiger partial charge in [0.2, 0.25) is 5.78 Å². The van der Waals surface area contributed by atoms with Crippen molar-refractivity contribution in [1.29, 1.82) is 0 Å². The van der Waals surface area contributed by atoms with Crippen molar-refractivity contribution in [1.82, 2.24) is 4.57 Å². The third-order valence-electron chi connectivity index (χ3n) is 4.97. The molecule has 29 heavy (non-hydrogen) atoms. The lowest BCUT2D eigenvalue weighted by molar-refractivity contribution is 0.0474. The van der Waals surface area contributed by atoms with Crippen LogP contribution in [0.15, 0.2) is 47.8 Å². The van der Waals surface area contributed by atoms with Crippen LogP contribution < -0.4 is 4.90 Å². The number of ether oxygens (including phenoxy) is 1. The summed E-state index contributed by atoms with van der Waals surface area (Å²) in [5.41, 5.74) is 3.90. The predicted molar refractivity (Wildman–Crippen MR) is 117 cm³/mol. The molecule has 0 saturated heterocycles. The van der Waals surface area contributed by atoms with Crippen molar-refractivity contribution >= 4 is 28.8 Å². The highest BCUT2D eigenvalue weighted by Crippen LogP contribution is 2.19. The number of hydrogen-bond acceptors (Lipinski definition) is 5. The molecular formula is C23H26N2O3S. The topological polar surface area (TPSA) is 51.5 Å². The minimum Gasteiger partial charge on any atom is -0.454 e. The highest BCUT2D eigenvalue weighted by atomic mass is 32.1. The number of rotatable bonds is 8. The van der Waals surface area contributed by atoms with E-state index in [1.165, 1.54) is 4.88 Å². The molecule has 152 valence electrons. The molecule has 6 heteroatoms. The molecule has 3 rings (SSSR count). The lowest BCUT2D eigenvalue weighted by atomic mass is 10.1. The van der Waals surface area contributed by atoms with Crippen LogP contribution in [0.25, 0.3) is 0 Å². The van der Waals surface area contributed by atoms with Gasteiger partial charge in [-0.2, -0.15) is 0 Å². The number of carbonyl (C=O) groups excluding carboxylic acids is 2. The van der Waals surface area contributed by atoms with Gasteiger partial charge in [-0.15, -0.1) is 11.3 Å². The van der Waals surface area contributed by atoms with Crippen LogP contribution in [-0.4, -0.2) is 37.0 Å². The van der Waals surface area contributed by atoms with E-state index in [1.807, 2.05) is 51.0 Å². The van der Waals surface area contributed by atoms with E-state index in [0.717, 1.165) is 30.0 Å². The zero-order valence-corrected chi connectivity index (χ0v) is 18.1. The first kappa shape index (κ1) is 20.9. The summed E-state index contributed by atoms with van der Waals surface area (Å²) in [6, 6.07) is 13.2. The second kappa shape index (κ2) is 9.09. The van der Waals surface area contributed by atoms with Gasteiger partial charge in [0.1, 0.15) is 0 Å². The van der Waals surface area contributed by atoms with Crippen LogP contribution in [0.5, 0.6) is 0 Å². The fourth-order valence-electron chi connectivity index (χ4n) is 3.31. The largest absolute Gasteiger partial charge is 0.454 e. The lowest BCUT2D eigenvalue weighted by Gasteiger charge is -2.13. The van der Waals surface area contributed by atoms with Crippen molar-refractivity contribution in [3.63, 3.8) is 0 Å². The Bertz CT molecular complexity index is 1000. The minimum absolute atomic E-state index is 0.183. The Morgan fingerprint density at radius 3 is 2.59 bits per heavy atom. The summed E-state index contributed by atoms with van der Waals surface area (Å²) in [6.45, 7) is 4.50. The highest BCUT2D eigenvalue weighted by molar-refractivity contribution is 7.09. The van der Waals surface area contributed by atoms with E-state index in [2.05, 4.69) is 16.0 Å². The molecule has 2 aromatic heterocycles. The Morgan fingerprint density at radius 2 is 1.90 bits per heavy atom. The van der Waals surface area contributed by atoms with Gasteiger partial charge in [0.15, 0.2) is 6.61 Å². The molecule has 0 aliphatic carbocycles. The number of nitrogens with zero attached hydrogens (tertiary/aromatic N) is 2. The Hall–Kier alpha value is -2.86. The third kappa shape index (κ3) is 4.95. The van der Waals surface area contributed by atoms with Gasteiger partial charge in [-0.1, -0.05) is 12.1 Å². The molecule has 5 nitrogen and oxygen atoms in total. The van der Waals surface area contributed by atoms with Crippen LogP contribution in [-0.2, 0) is 17.7 Å². The van der Waals surface area contributed by atoms with Crippen molar-refractivity contribution in [2.45, 2.75) is 26.8 Å². The van der Waals surface area contributed by atoms with Crippen molar-refractivity contribution in [3.8, 4) is 0 Å². The molecule has 0 aliphatic heterocycles. The first-order valence-corrected chi connectivity index (χ1v) is 10.4. The molecule has 0 atom stereocenters. The molecule has 2 heterocycles. The van der Waals surface area contributed by atoms with Crippen LogP contribution in [0.3, 0.4) is 0 Å². The molecule has 0 bridgehead atoms. The van der Waals surface area contributed by atoms with Crippen LogP contribution in [0.4, 0.5) is 5.69 Å². The number of benzene rings is 1. The van der Waals surface area contributed by atoms with Gasteiger partial charge in [0.05, 0.1) is 5.56 Å². The molecule has 0 fully saturated rings. The predicted octanol–water partition coefficient (Wildman–Crippen LogP) is 4.51. The smallest absolute Gasteiger partial charge is 0.338 e. The quantitative estimate of drug-likeness (QED) is 0.405. The second-order valence-corrected chi connectivity index (χ2v) is 8.24. The number of thiophene rings is 1. The van der Waals surface area contributed by atoms with Gasteiger partial charge >= 0.3 is 5.97 Å². The van der Waals surface area contributed by atoms with Gasteiger partial charge in [0.25, 0.3) is 0 Å². The van der Waals surface area contributed by atoms with Crippen LogP contribution in [0.2, 0.25) is 0 Å². The van der Waals surface area contributed by atoms with E-state index in [0.29, 0.717) is 11.1 Å². The third-order valence-corrected chi connectivity index (χ3v) is 5.90. The molecular weight excluding hydrogens is 384 g/mol. The Balaban J connectivity index is 1.64. The monoisotopic (exact) mass is 410 g/mol. The zero-order valence-electron chi connectivity index (χ0n) is 17.3. The summed E-state index contributed by atoms with van der Waals surface area (Å²) in [5, 5.41) is 2.07. The van der Waals surface area contributed by atoms with E-state index in [-0.39, 0.29) is 12.4 Å². The Kier molecular flexibility index (Phi) is 6.54. The summed E-state index contributed by atoms with van der Waals surface area (Å²) in [4.78, 5) is 28.3. The number of Topliss-reactive ketones (excluding diaryl/α,β-unsaturated/α-hetero) is 1. The first-order valence-electron chi connectivity index (χ1n) is 9.53. The zero-order chi connectivity index (χ0) is 21.0. The molecule has 1 aromatic carbocycles. The highest BCUT2D eigenvalue weighted by Gasteiger charge is 2.18. The lowest BCUT2D eigenvalue weighted by Crippen LogP contribution is -2.16. The Labute approximate surface area is 175 Å². The van der Waals surface area contributed by atoms with E-state index in [4.69, 9.17) is 4.74 Å². The molecule has 0 unspecified atom stereocenters. The number of esters is 1. The minimum atomic E-state index is -0.492. The average Bonchev–Trinajstić information content (AvgIpc) is 3.32. The van der Waals surface area contributed by atoms with Gasteiger partial charge in [-0.25, -0.2) is 4.79 Å². The maximum Gasteiger partial charge on any atom is 0.338 e. The van der Waals surface area contributed by atoms with Crippen LogP contribution in [0, 0.1) is 13.8 Å². The van der Waals surface area contributed by atoms with E-state index < -0.39 is 5.97 Å². The molecule has 0 aliphatic rings. The summed E-state index contributed by atoms with van der Waals surface area (Å²) >= 11 is 1.74. The number of aryl methyl sites for hydroxylation is 2. The molecule has 0 amide bonds. The number of hydrogen-bond donors (Lipinski definition) is 0. The summed E-state index contributed by atoms with van der Waals surface area (Å²) in [5.74, 6) is -0.675. The molecule has 0 radical (unpaired) electrons. The van der Waals surface area contributed by atoms with Gasteiger partial charge < -0.3 is 14.2 Å². The fourth-order valence-corrected chi connectivity index (χ4v) is 4.01.